The number of thiol groups is 1. The molecule has 0 aliphatic heterocycles. The molecule has 1 unspecified atom stereocenters. The van der Waals surface area contributed by atoms with E-state index in [1.54, 1.807) is 19.1 Å². The molecule has 0 aliphatic carbocycles. The molecular weight excluding hydrogens is 276 g/mol. The molecule has 0 saturated heterocycles. The van der Waals surface area contributed by atoms with Crippen molar-refractivity contribution in [3.05, 3.63) is 23.8 Å². The number of carbonyl (C=O) groups is 1. The number of ether oxygens (including phenoxy) is 1. The third kappa shape index (κ3) is 2.98. The maximum Gasteiger partial charge on any atom is 0.177 e. The number of hydrogen-bond donors (Lipinski definition) is 1. The van der Waals surface area contributed by atoms with Crippen molar-refractivity contribution in [3.63, 3.8) is 0 Å². The number of Topliss-reactive ketones (excluding diaryl/α,β-unsaturated/α-hetero) is 1. The highest BCUT2D eigenvalue weighted by atomic mass is 79.9. The van der Waals surface area contributed by atoms with E-state index in [-0.39, 0.29) is 10.6 Å². The van der Waals surface area contributed by atoms with Crippen molar-refractivity contribution in [3.8, 4) is 5.75 Å². The summed E-state index contributed by atoms with van der Waals surface area (Å²) in [7, 11) is 0. The summed E-state index contributed by atoms with van der Waals surface area (Å²) in [4.78, 5) is 12.2. The summed E-state index contributed by atoms with van der Waals surface area (Å²) < 4.78 is 5.36. The van der Waals surface area contributed by atoms with Gasteiger partial charge in [-0.25, -0.2) is 0 Å². The lowest BCUT2D eigenvalue weighted by Gasteiger charge is -2.10. The molecule has 2 nitrogen and oxygen atoms in total. The van der Waals surface area contributed by atoms with E-state index < -0.39 is 0 Å². The second-order valence-corrected chi connectivity index (χ2v) is 4.89. The van der Waals surface area contributed by atoms with Crippen LogP contribution >= 0.6 is 28.6 Å². The Bertz CT molecular complexity index is 364. The van der Waals surface area contributed by atoms with Gasteiger partial charge in [0.15, 0.2) is 5.78 Å². The Morgan fingerprint density at radius 2 is 2.27 bits per heavy atom. The summed E-state index contributed by atoms with van der Waals surface area (Å²) >= 11 is 7.56. The van der Waals surface area contributed by atoms with Gasteiger partial charge in [-0.05, 0) is 26.0 Å². The second-order valence-electron chi connectivity index (χ2n) is 3.07. The van der Waals surface area contributed by atoms with Crippen molar-refractivity contribution in [1.29, 1.82) is 0 Å². The molecule has 0 aromatic heterocycles. The molecule has 1 atom stereocenters. The predicted molar refractivity (Wildman–Crippen MR) is 67.6 cm³/mol. The fourth-order valence-corrected chi connectivity index (χ4v) is 1.78. The van der Waals surface area contributed by atoms with Crippen LogP contribution in [0.2, 0.25) is 0 Å². The van der Waals surface area contributed by atoms with Crippen LogP contribution in [0, 0.1) is 0 Å². The van der Waals surface area contributed by atoms with Crippen molar-refractivity contribution >= 4 is 34.3 Å². The molecule has 0 saturated carbocycles. The zero-order valence-corrected chi connectivity index (χ0v) is 11.1. The van der Waals surface area contributed by atoms with Crippen molar-refractivity contribution in [2.24, 2.45) is 0 Å². The van der Waals surface area contributed by atoms with Crippen LogP contribution in [-0.4, -0.2) is 17.2 Å². The fourth-order valence-electron chi connectivity index (χ4n) is 1.21. The number of hydrogen-bond acceptors (Lipinski definition) is 3. The van der Waals surface area contributed by atoms with Gasteiger partial charge in [-0.1, -0.05) is 22.0 Å². The van der Waals surface area contributed by atoms with Gasteiger partial charge < -0.3 is 4.74 Å². The maximum atomic E-state index is 11.8. The average molecular weight is 289 g/mol. The Kier molecular flexibility index (Phi) is 4.67. The van der Waals surface area contributed by atoms with Crippen LogP contribution < -0.4 is 4.74 Å². The molecule has 0 heterocycles. The van der Waals surface area contributed by atoms with Crippen molar-refractivity contribution in [1.82, 2.24) is 0 Å². The third-order valence-electron chi connectivity index (χ3n) is 1.93. The van der Waals surface area contributed by atoms with E-state index in [4.69, 9.17) is 4.74 Å². The van der Waals surface area contributed by atoms with Crippen LogP contribution in [0.25, 0.3) is 0 Å². The number of rotatable bonds is 4. The maximum absolute atomic E-state index is 11.8. The molecule has 0 spiro atoms. The van der Waals surface area contributed by atoms with Crippen LogP contribution in [0.5, 0.6) is 5.75 Å². The summed E-state index contributed by atoms with van der Waals surface area (Å²) in [5.74, 6) is 0.668. The minimum absolute atomic E-state index is 0.0153. The lowest BCUT2D eigenvalue weighted by Crippen LogP contribution is -2.11. The quantitative estimate of drug-likeness (QED) is 0.523. The number of ketones is 1. The molecule has 0 radical (unpaired) electrons. The minimum atomic E-state index is -0.208. The van der Waals surface area contributed by atoms with Crippen molar-refractivity contribution < 1.29 is 9.53 Å². The van der Waals surface area contributed by atoms with Gasteiger partial charge in [0.05, 0.1) is 16.3 Å². The van der Waals surface area contributed by atoms with E-state index in [0.717, 1.165) is 0 Å². The Balaban J connectivity index is 3.09. The highest BCUT2D eigenvalue weighted by Gasteiger charge is 2.16. The van der Waals surface area contributed by atoms with E-state index in [0.29, 0.717) is 22.8 Å². The Labute approximate surface area is 104 Å². The summed E-state index contributed by atoms with van der Waals surface area (Å²) in [5, 5.41) is 0. The van der Waals surface area contributed by atoms with Gasteiger partial charge in [0.1, 0.15) is 5.75 Å². The molecule has 1 rings (SSSR count). The van der Waals surface area contributed by atoms with E-state index in [9.17, 15) is 4.79 Å². The Hall–Kier alpha value is -0.480. The second kappa shape index (κ2) is 5.56. The van der Waals surface area contributed by atoms with E-state index in [1.807, 2.05) is 13.0 Å². The average Bonchev–Trinajstić information content (AvgIpc) is 2.20. The smallest absolute Gasteiger partial charge is 0.177 e. The van der Waals surface area contributed by atoms with Crippen molar-refractivity contribution in [2.75, 3.05) is 6.61 Å². The molecule has 1 aromatic rings. The monoisotopic (exact) mass is 288 g/mol. The molecule has 82 valence electrons. The number of halogens is 1. The van der Waals surface area contributed by atoms with Gasteiger partial charge >= 0.3 is 0 Å². The van der Waals surface area contributed by atoms with Gasteiger partial charge in [-0.2, -0.15) is 0 Å². The largest absolute Gasteiger partial charge is 0.493 e. The summed E-state index contributed by atoms with van der Waals surface area (Å²) in [6.07, 6.45) is 0. The highest BCUT2D eigenvalue weighted by molar-refractivity contribution is 9.10. The van der Waals surface area contributed by atoms with Gasteiger partial charge in [-0.15, -0.1) is 12.6 Å². The number of carbonyl (C=O) groups excluding carboxylic acids is 1. The van der Waals surface area contributed by atoms with Crippen LogP contribution in [0.4, 0.5) is 0 Å². The molecule has 0 aliphatic rings. The summed E-state index contributed by atoms with van der Waals surface area (Å²) in [5.41, 5.74) is 0.591. The van der Waals surface area contributed by atoms with E-state index in [1.165, 1.54) is 0 Å². The molecule has 1 aromatic carbocycles. The first-order chi connectivity index (χ1) is 7.07. The Morgan fingerprint density at radius 1 is 1.60 bits per heavy atom. The molecular formula is C11H13BrO2S. The first-order valence-electron chi connectivity index (χ1n) is 4.71. The highest BCUT2D eigenvalue weighted by Crippen LogP contribution is 2.28. The first kappa shape index (κ1) is 12.6. The molecule has 0 amide bonds. The van der Waals surface area contributed by atoms with E-state index >= 15 is 0 Å². The third-order valence-corrected chi connectivity index (χ3v) is 2.80. The summed E-state index contributed by atoms with van der Waals surface area (Å²) in [6.45, 7) is 4.26. The number of alkyl halides is 1. The first-order valence-corrected chi connectivity index (χ1v) is 6.07. The molecule has 4 heteroatoms. The zero-order chi connectivity index (χ0) is 11.4. The molecule has 0 N–H and O–H groups in total. The lowest BCUT2D eigenvalue weighted by atomic mass is 10.1. The summed E-state index contributed by atoms with van der Waals surface area (Å²) in [6, 6.07) is 5.36. The van der Waals surface area contributed by atoms with Crippen LogP contribution in [0.3, 0.4) is 0 Å². The lowest BCUT2D eigenvalue weighted by molar-refractivity contribution is 0.0992. The van der Waals surface area contributed by atoms with Gasteiger partial charge in [0, 0.05) is 5.56 Å². The zero-order valence-electron chi connectivity index (χ0n) is 8.66. The standard InChI is InChI=1S/C11H13BrO2S/c1-3-14-9-6-4-5-8(11(9)15)10(13)7(2)12/h4-7,15H,3H2,1-2H3. The van der Waals surface area contributed by atoms with E-state index in [2.05, 4.69) is 28.6 Å². The predicted octanol–water partition coefficient (Wildman–Crippen LogP) is 3.34. The minimum Gasteiger partial charge on any atom is -0.493 e. The number of benzene rings is 1. The van der Waals surface area contributed by atoms with Gasteiger partial charge in [0.2, 0.25) is 0 Å². The van der Waals surface area contributed by atoms with Crippen LogP contribution in [-0.2, 0) is 0 Å². The van der Waals surface area contributed by atoms with Gasteiger partial charge in [0.25, 0.3) is 0 Å². The molecule has 0 fully saturated rings. The normalized spacial score (nSPS) is 12.3. The van der Waals surface area contributed by atoms with Crippen molar-refractivity contribution in [2.45, 2.75) is 23.6 Å². The van der Waals surface area contributed by atoms with Crippen LogP contribution in [0.1, 0.15) is 24.2 Å². The SMILES string of the molecule is CCOc1cccc(C(=O)C(C)Br)c1S. The van der Waals surface area contributed by atoms with Gasteiger partial charge in [-0.3, -0.25) is 4.79 Å². The fraction of sp³-hybridized carbons (Fsp3) is 0.364. The molecule has 15 heavy (non-hydrogen) atoms. The topological polar surface area (TPSA) is 26.3 Å². The Morgan fingerprint density at radius 3 is 2.80 bits per heavy atom. The molecule has 0 bridgehead atoms. The van der Waals surface area contributed by atoms with Crippen LogP contribution in [0.15, 0.2) is 23.1 Å².